The monoisotopic (exact) mass is 494 g/mol. The zero-order chi connectivity index (χ0) is 24.2. The normalized spacial score (nSPS) is 14.4. The number of hydrazone groups is 1. The number of hydrogen-bond acceptors (Lipinski definition) is 5. The zero-order valence-corrected chi connectivity index (χ0v) is 19.9. The number of hydrogen-bond donors (Lipinski definition) is 0. The van der Waals surface area contributed by atoms with E-state index in [1.807, 2.05) is 37.3 Å². The molecule has 172 valence electrons. The van der Waals surface area contributed by atoms with Crippen LogP contribution in [0.2, 0.25) is 10.0 Å². The summed E-state index contributed by atoms with van der Waals surface area (Å²) >= 11 is 12.0. The Bertz CT molecular complexity index is 1320. The van der Waals surface area contributed by atoms with Gasteiger partial charge in [0.25, 0.3) is 5.91 Å². The summed E-state index contributed by atoms with van der Waals surface area (Å²) in [5.41, 5.74) is 2.63. The van der Waals surface area contributed by atoms with Gasteiger partial charge in [0.05, 0.1) is 34.2 Å². The van der Waals surface area contributed by atoms with Crippen molar-refractivity contribution in [3.63, 3.8) is 0 Å². The van der Waals surface area contributed by atoms with E-state index in [0.29, 0.717) is 39.9 Å². The van der Waals surface area contributed by atoms with Gasteiger partial charge in [-0.3, -0.25) is 4.79 Å². The first kappa shape index (κ1) is 23.5. The number of carbonyl (C=O) groups excluding carboxylic acids is 2. The summed E-state index contributed by atoms with van der Waals surface area (Å²) in [5.74, 6) is -0.278. The summed E-state index contributed by atoms with van der Waals surface area (Å²) < 4.78 is 11.2. The summed E-state index contributed by atoms with van der Waals surface area (Å²) in [5, 5.41) is 6.37. The lowest BCUT2D eigenvalue weighted by Crippen LogP contribution is -2.21. The van der Waals surface area contributed by atoms with Gasteiger partial charge < -0.3 is 9.47 Å². The van der Waals surface area contributed by atoms with Gasteiger partial charge in [-0.2, -0.15) is 10.1 Å². The van der Waals surface area contributed by atoms with Crippen molar-refractivity contribution in [1.82, 2.24) is 0 Å². The molecule has 0 radical (unpaired) electrons. The van der Waals surface area contributed by atoms with E-state index in [0.717, 1.165) is 0 Å². The van der Waals surface area contributed by atoms with Gasteiger partial charge in [0.1, 0.15) is 0 Å². The fraction of sp³-hybridized carbons (Fsp3) is 0.115. The smallest absolute Gasteiger partial charge is 0.345 e. The lowest BCUT2D eigenvalue weighted by Gasteiger charge is -2.13. The van der Waals surface area contributed by atoms with Crippen molar-refractivity contribution in [3.8, 4) is 11.5 Å². The first-order valence-electron chi connectivity index (χ1n) is 10.5. The van der Waals surface area contributed by atoms with Crippen LogP contribution < -0.4 is 14.5 Å². The number of para-hydroxylation sites is 1. The largest absolute Gasteiger partial charge is 0.490 e. The molecule has 0 aromatic heterocycles. The predicted molar refractivity (Wildman–Crippen MR) is 134 cm³/mol. The van der Waals surface area contributed by atoms with Crippen LogP contribution in [-0.4, -0.2) is 24.2 Å². The van der Waals surface area contributed by atoms with Crippen molar-refractivity contribution in [2.24, 2.45) is 5.10 Å². The molecular formula is C26H20Cl2N2O4. The van der Waals surface area contributed by atoms with Gasteiger partial charge >= 0.3 is 5.97 Å². The molecule has 0 saturated heterocycles. The van der Waals surface area contributed by atoms with E-state index in [4.69, 9.17) is 32.7 Å². The van der Waals surface area contributed by atoms with Crippen LogP contribution in [0.4, 0.5) is 5.69 Å². The molecule has 0 N–H and O–H groups in total. The topological polar surface area (TPSA) is 68.2 Å². The van der Waals surface area contributed by atoms with Crippen molar-refractivity contribution in [2.75, 3.05) is 11.6 Å². The third-order valence-corrected chi connectivity index (χ3v) is 5.54. The number of rotatable bonds is 6. The molecule has 1 heterocycles. The number of carbonyl (C=O) groups is 2. The van der Waals surface area contributed by atoms with Gasteiger partial charge in [-0.1, -0.05) is 47.5 Å². The maximum atomic E-state index is 13.0. The second kappa shape index (κ2) is 10.1. The zero-order valence-electron chi connectivity index (χ0n) is 18.4. The highest BCUT2D eigenvalue weighted by atomic mass is 35.5. The Morgan fingerprint density at radius 1 is 1.03 bits per heavy atom. The van der Waals surface area contributed by atoms with Gasteiger partial charge in [0.15, 0.2) is 11.5 Å². The van der Waals surface area contributed by atoms with Gasteiger partial charge in [0.2, 0.25) is 0 Å². The molecule has 0 bridgehead atoms. The molecule has 3 aromatic rings. The average Bonchev–Trinajstić information content (AvgIpc) is 3.09. The van der Waals surface area contributed by atoms with E-state index in [-0.39, 0.29) is 22.2 Å². The number of anilines is 1. The minimum atomic E-state index is -0.638. The second-order valence-corrected chi connectivity index (χ2v) is 8.19. The molecular weight excluding hydrogens is 475 g/mol. The van der Waals surface area contributed by atoms with Crippen molar-refractivity contribution in [3.05, 3.63) is 93.5 Å². The Hall–Kier alpha value is -3.61. The van der Waals surface area contributed by atoms with Crippen LogP contribution in [0.15, 0.2) is 77.4 Å². The minimum absolute atomic E-state index is 0.184. The minimum Gasteiger partial charge on any atom is -0.490 e. The van der Waals surface area contributed by atoms with E-state index in [2.05, 4.69) is 5.10 Å². The SMILES string of the molecule is CCOc1cc(/C=C2/C(=O)N(c3ccccc3)N=C2C)ccc1OC(=O)c1ccc(Cl)cc1Cl. The molecule has 1 amide bonds. The fourth-order valence-electron chi connectivity index (χ4n) is 3.37. The summed E-state index contributed by atoms with van der Waals surface area (Å²) in [6.07, 6.45) is 1.73. The Labute approximate surface area is 207 Å². The van der Waals surface area contributed by atoms with Gasteiger partial charge in [0, 0.05) is 5.02 Å². The van der Waals surface area contributed by atoms with E-state index < -0.39 is 5.97 Å². The molecule has 3 aromatic carbocycles. The van der Waals surface area contributed by atoms with Crippen LogP contribution >= 0.6 is 23.2 Å². The van der Waals surface area contributed by atoms with Crippen molar-refractivity contribution in [2.45, 2.75) is 13.8 Å². The summed E-state index contributed by atoms with van der Waals surface area (Å²) in [4.78, 5) is 25.6. The standard InChI is InChI=1S/C26H20Cl2N2O4/c1-3-33-24-14-17(9-12-23(24)34-26(32)20-11-10-18(27)15-22(20)28)13-21-16(2)29-30(25(21)31)19-7-5-4-6-8-19/h4-15H,3H2,1-2H3/b21-13+. The lowest BCUT2D eigenvalue weighted by molar-refractivity contribution is -0.114. The predicted octanol–water partition coefficient (Wildman–Crippen LogP) is 6.42. The van der Waals surface area contributed by atoms with E-state index in [1.165, 1.54) is 17.1 Å². The molecule has 0 spiro atoms. The van der Waals surface area contributed by atoms with Crippen molar-refractivity contribution < 1.29 is 19.1 Å². The number of benzene rings is 3. The van der Waals surface area contributed by atoms with E-state index in [1.54, 1.807) is 37.3 Å². The van der Waals surface area contributed by atoms with Crippen LogP contribution in [0.5, 0.6) is 11.5 Å². The molecule has 4 rings (SSSR count). The van der Waals surface area contributed by atoms with Crippen molar-refractivity contribution >= 4 is 52.6 Å². The first-order chi connectivity index (χ1) is 16.4. The molecule has 0 saturated carbocycles. The third kappa shape index (κ3) is 4.98. The summed E-state index contributed by atoms with van der Waals surface area (Å²) in [6.45, 7) is 3.96. The van der Waals surface area contributed by atoms with Crippen molar-refractivity contribution in [1.29, 1.82) is 0 Å². The molecule has 1 aliphatic heterocycles. The lowest BCUT2D eigenvalue weighted by atomic mass is 10.1. The highest BCUT2D eigenvalue weighted by Gasteiger charge is 2.28. The number of amides is 1. The number of esters is 1. The Kier molecular flexibility index (Phi) is 7.01. The van der Waals surface area contributed by atoms with Gasteiger partial charge in [-0.25, -0.2) is 4.79 Å². The second-order valence-electron chi connectivity index (χ2n) is 7.35. The molecule has 34 heavy (non-hydrogen) atoms. The average molecular weight is 495 g/mol. The molecule has 0 unspecified atom stereocenters. The molecule has 0 aliphatic carbocycles. The van der Waals surface area contributed by atoms with Crippen LogP contribution in [0.1, 0.15) is 29.8 Å². The van der Waals surface area contributed by atoms with Gasteiger partial charge in [-0.15, -0.1) is 0 Å². The first-order valence-corrected chi connectivity index (χ1v) is 11.2. The quantitative estimate of drug-likeness (QED) is 0.225. The Morgan fingerprint density at radius 2 is 1.79 bits per heavy atom. The molecule has 0 atom stereocenters. The fourth-order valence-corrected chi connectivity index (χ4v) is 3.86. The Balaban J connectivity index is 1.60. The summed E-state index contributed by atoms with van der Waals surface area (Å²) in [6, 6.07) is 18.8. The molecule has 8 heteroatoms. The molecule has 6 nitrogen and oxygen atoms in total. The van der Waals surface area contributed by atoms with E-state index >= 15 is 0 Å². The number of halogens is 2. The maximum absolute atomic E-state index is 13.0. The Morgan fingerprint density at radius 3 is 2.50 bits per heavy atom. The van der Waals surface area contributed by atoms with Crippen LogP contribution in [0.3, 0.4) is 0 Å². The molecule has 1 aliphatic rings. The molecule has 0 fully saturated rings. The van der Waals surface area contributed by atoms with E-state index in [9.17, 15) is 9.59 Å². The highest BCUT2D eigenvalue weighted by molar-refractivity contribution is 6.36. The third-order valence-electron chi connectivity index (χ3n) is 5.00. The maximum Gasteiger partial charge on any atom is 0.345 e. The summed E-state index contributed by atoms with van der Waals surface area (Å²) in [7, 11) is 0. The van der Waals surface area contributed by atoms with Crippen LogP contribution in [-0.2, 0) is 4.79 Å². The van der Waals surface area contributed by atoms with Gasteiger partial charge in [-0.05, 0) is 68.0 Å². The number of ether oxygens (including phenoxy) is 2. The number of nitrogens with zero attached hydrogens (tertiary/aromatic N) is 2. The van der Waals surface area contributed by atoms with Crippen LogP contribution in [0, 0.1) is 0 Å². The highest BCUT2D eigenvalue weighted by Crippen LogP contribution is 2.32. The van der Waals surface area contributed by atoms with Crippen LogP contribution in [0.25, 0.3) is 6.08 Å².